The van der Waals surface area contributed by atoms with Crippen molar-refractivity contribution in [3.05, 3.63) is 72.2 Å². The van der Waals surface area contributed by atoms with Gasteiger partial charge in [-0.25, -0.2) is 4.39 Å². The Balaban J connectivity index is 1.18. The Hall–Kier alpha value is -3.06. The first-order valence-corrected chi connectivity index (χ1v) is 10.9. The Morgan fingerprint density at radius 1 is 1.13 bits per heavy atom. The number of nitrogens with zero attached hydrogens (tertiary/aromatic N) is 4. The minimum atomic E-state index is -0.260. The second kappa shape index (κ2) is 8.59. The molecular weight excluding hydrogens is 393 g/mol. The third-order valence-corrected chi connectivity index (χ3v) is 6.60. The van der Waals surface area contributed by atoms with E-state index in [1.54, 1.807) is 12.1 Å². The molecule has 1 amide bonds. The molecule has 0 aliphatic carbocycles. The molecule has 6 nitrogen and oxygen atoms in total. The van der Waals surface area contributed by atoms with Crippen molar-refractivity contribution in [3.8, 4) is 11.3 Å². The molecule has 0 saturated carbocycles. The number of piperidine rings is 3. The lowest BCUT2D eigenvalue weighted by Gasteiger charge is -2.49. The summed E-state index contributed by atoms with van der Waals surface area (Å²) in [6.07, 6.45) is 3.98. The van der Waals surface area contributed by atoms with Crippen LogP contribution in [0.4, 0.5) is 4.39 Å². The molecule has 1 N–H and O–H groups in total. The summed E-state index contributed by atoms with van der Waals surface area (Å²) in [5.74, 6) is 0.367. The first kappa shape index (κ1) is 19.9. The Morgan fingerprint density at radius 2 is 1.94 bits per heavy atom. The molecule has 1 aromatic heterocycles. The zero-order valence-corrected chi connectivity index (χ0v) is 17.3. The molecule has 3 fully saturated rings. The van der Waals surface area contributed by atoms with Crippen LogP contribution in [0.1, 0.15) is 18.4 Å². The van der Waals surface area contributed by atoms with Crippen molar-refractivity contribution in [3.63, 3.8) is 0 Å². The smallest absolute Gasteiger partial charge is 0.224 e. The van der Waals surface area contributed by atoms with E-state index in [0.29, 0.717) is 18.5 Å². The second-order valence-electron chi connectivity index (χ2n) is 8.58. The van der Waals surface area contributed by atoms with Crippen molar-refractivity contribution in [2.75, 3.05) is 13.1 Å². The van der Waals surface area contributed by atoms with Crippen molar-refractivity contribution in [1.82, 2.24) is 25.2 Å². The van der Waals surface area contributed by atoms with E-state index < -0.39 is 0 Å². The Kier molecular flexibility index (Phi) is 5.51. The predicted molar refractivity (Wildman–Crippen MR) is 115 cm³/mol. The van der Waals surface area contributed by atoms with Gasteiger partial charge in [-0.15, -0.1) is 5.10 Å². The molecule has 0 spiro atoms. The van der Waals surface area contributed by atoms with E-state index in [4.69, 9.17) is 0 Å². The largest absolute Gasteiger partial charge is 0.352 e. The number of nitrogens with one attached hydrogen (secondary N) is 1. The van der Waals surface area contributed by atoms with Gasteiger partial charge in [0.05, 0.1) is 18.7 Å². The number of amides is 1. The molecule has 0 radical (unpaired) electrons. The quantitative estimate of drug-likeness (QED) is 0.667. The number of carbonyl (C=O) groups excluding carboxylic acids is 1. The van der Waals surface area contributed by atoms with Crippen LogP contribution < -0.4 is 5.32 Å². The van der Waals surface area contributed by atoms with Crippen LogP contribution >= 0.6 is 0 Å². The summed E-state index contributed by atoms with van der Waals surface area (Å²) >= 11 is 0. The first-order valence-electron chi connectivity index (χ1n) is 10.9. The predicted octanol–water partition coefficient (Wildman–Crippen LogP) is 3.11. The minimum absolute atomic E-state index is 0.0548. The lowest BCUT2D eigenvalue weighted by atomic mass is 9.75. The van der Waals surface area contributed by atoms with E-state index in [9.17, 15) is 9.18 Å². The van der Waals surface area contributed by atoms with Crippen molar-refractivity contribution in [1.29, 1.82) is 0 Å². The fourth-order valence-electron chi connectivity index (χ4n) is 4.90. The molecule has 3 saturated heterocycles. The number of aromatic nitrogens is 3. The molecule has 2 unspecified atom stereocenters. The van der Waals surface area contributed by atoms with Crippen LogP contribution in [0.3, 0.4) is 0 Å². The number of hydrogen-bond donors (Lipinski definition) is 1. The summed E-state index contributed by atoms with van der Waals surface area (Å²) in [5.41, 5.74) is 2.72. The van der Waals surface area contributed by atoms with Gasteiger partial charge >= 0.3 is 0 Å². The molecule has 4 heterocycles. The summed E-state index contributed by atoms with van der Waals surface area (Å²) in [4.78, 5) is 15.2. The maximum Gasteiger partial charge on any atom is 0.224 e. The molecule has 4 atom stereocenters. The fraction of sp³-hybridized carbons (Fsp3) is 0.375. The van der Waals surface area contributed by atoms with E-state index in [0.717, 1.165) is 49.3 Å². The molecular formula is C24H26FN5O. The van der Waals surface area contributed by atoms with Gasteiger partial charge in [-0.3, -0.25) is 14.4 Å². The summed E-state index contributed by atoms with van der Waals surface area (Å²) in [6.45, 7) is 3.16. The zero-order valence-electron chi connectivity index (χ0n) is 17.3. The first-order chi connectivity index (χ1) is 15.2. The fourth-order valence-corrected chi connectivity index (χ4v) is 4.90. The average Bonchev–Trinajstić information content (AvgIpc) is 3.27. The molecule has 31 heavy (non-hydrogen) atoms. The van der Waals surface area contributed by atoms with Crippen molar-refractivity contribution in [2.45, 2.75) is 32.0 Å². The standard InChI is InChI=1S/C24H26FN5O/c25-20-8-6-18(7-9-20)23-16-30(28-27-23)14-21-12-19-10-11-29(21)15-22(19)24(31)26-13-17-4-2-1-3-5-17/h1-9,16,19,21-22H,10-15H2,(H,26,31)/t19?,21-,22+/m1/s1. The van der Waals surface area contributed by atoms with E-state index in [-0.39, 0.29) is 17.6 Å². The third-order valence-electron chi connectivity index (χ3n) is 6.60. The lowest BCUT2D eigenvalue weighted by Crippen LogP contribution is -2.57. The second-order valence-corrected chi connectivity index (χ2v) is 8.58. The highest BCUT2D eigenvalue weighted by Gasteiger charge is 2.43. The molecule has 3 aromatic rings. The number of carbonyl (C=O) groups is 1. The van der Waals surface area contributed by atoms with Gasteiger partial charge in [-0.2, -0.15) is 0 Å². The van der Waals surface area contributed by atoms with Crippen LogP contribution in [-0.2, 0) is 17.9 Å². The van der Waals surface area contributed by atoms with Gasteiger partial charge in [0.2, 0.25) is 5.91 Å². The van der Waals surface area contributed by atoms with Crippen LogP contribution in [0.5, 0.6) is 0 Å². The third kappa shape index (κ3) is 4.37. The van der Waals surface area contributed by atoms with Crippen molar-refractivity contribution >= 4 is 5.91 Å². The Labute approximate surface area is 181 Å². The van der Waals surface area contributed by atoms with Gasteiger partial charge in [-0.05, 0) is 55.1 Å². The minimum Gasteiger partial charge on any atom is -0.352 e. The molecule has 7 heteroatoms. The van der Waals surface area contributed by atoms with E-state index in [2.05, 4.69) is 20.5 Å². The molecule has 3 aliphatic heterocycles. The molecule has 2 aromatic carbocycles. The highest BCUT2D eigenvalue weighted by molar-refractivity contribution is 5.79. The number of benzene rings is 2. The maximum absolute atomic E-state index is 13.2. The molecule has 160 valence electrons. The summed E-state index contributed by atoms with van der Waals surface area (Å²) in [6, 6.07) is 16.7. The highest BCUT2D eigenvalue weighted by Crippen LogP contribution is 2.37. The summed E-state index contributed by atoms with van der Waals surface area (Å²) < 4.78 is 15.0. The topological polar surface area (TPSA) is 63.1 Å². The average molecular weight is 420 g/mol. The molecule has 2 bridgehead atoms. The Morgan fingerprint density at radius 3 is 2.68 bits per heavy atom. The Bertz CT molecular complexity index is 1040. The number of fused-ring (bicyclic) bond motifs is 3. The van der Waals surface area contributed by atoms with Gasteiger partial charge in [0, 0.05) is 24.7 Å². The van der Waals surface area contributed by atoms with Crippen LogP contribution in [0.15, 0.2) is 60.8 Å². The maximum atomic E-state index is 13.2. The lowest BCUT2D eigenvalue weighted by molar-refractivity contribution is -0.133. The van der Waals surface area contributed by atoms with Gasteiger partial charge in [0.1, 0.15) is 11.5 Å². The van der Waals surface area contributed by atoms with Crippen LogP contribution in [-0.4, -0.2) is 44.9 Å². The highest BCUT2D eigenvalue weighted by atomic mass is 19.1. The number of rotatable bonds is 6. The normalized spacial score (nSPS) is 24.8. The SMILES string of the molecule is O=C(NCc1ccccc1)[C@H]1CN2CCC1C[C@@H]2Cn1cc(-c2ccc(F)cc2)nn1. The van der Waals surface area contributed by atoms with Gasteiger partial charge < -0.3 is 5.32 Å². The van der Waals surface area contributed by atoms with Crippen LogP contribution in [0.2, 0.25) is 0 Å². The summed E-state index contributed by atoms with van der Waals surface area (Å²) in [5, 5.41) is 11.6. The zero-order chi connectivity index (χ0) is 21.2. The van der Waals surface area contributed by atoms with Gasteiger partial charge in [0.25, 0.3) is 0 Å². The molecule has 6 rings (SSSR count). The summed E-state index contributed by atoms with van der Waals surface area (Å²) in [7, 11) is 0. The van der Waals surface area contributed by atoms with E-state index in [1.807, 2.05) is 41.2 Å². The van der Waals surface area contributed by atoms with Crippen molar-refractivity contribution < 1.29 is 9.18 Å². The molecule has 3 aliphatic rings. The van der Waals surface area contributed by atoms with Crippen LogP contribution in [0, 0.1) is 17.7 Å². The number of halogens is 1. The monoisotopic (exact) mass is 419 g/mol. The van der Waals surface area contributed by atoms with E-state index in [1.165, 1.54) is 12.1 Å². The van der Waals surface area contributed by atoms with Gasteiger partial charge in [-0.1, -0.05) is 35.5 Å². The number of hydrogen-bond acceptors (Lipinski definition) is 4. The van der Waals surface area contributed by atoms with Gasteiger partial charge in [0.15, 0.2) is 0 Å². The van der Waals surface area contributed by atoms with E-state index >= 15 is 0 Å². The van der Waals surface area contributed by atoms with Crippen LogP contribution in [0.25, 0.3) is 11.3 Å². The van der Waals surface area contributed by atoms with Crippen molar-refractivity contribution in [2.24, 2.45) is 11.8 Å².